The minimum absolute atomic E-state index is 0.163. The van der Waals surface area contributed by atoms with Crippen molar-refractivity contribution in [1.29, 1.82) is 0 Å². The molecule has 3 heteroatoms. The second-order valence-corrected chi connectivity index (χ2v) is 5.77. The molecule has 0 fully saturated rings. The summed E-state index contributed by atoms with van der Waals surface area (Å²) in [6.07, 6.45) is 9.28. The highest BCUT2D eigenvalue weighted by Gasteiger charge is 2.18. The van der Waals surface area contributed by atoms with Crippen LogP contribution in [-0.2, 0) is 11.2 Å². The van der Waals surface area contributed by atoms with Gasteiger partial charge in [0.05, 0.1) is 12.2 Å². The Morgan fingerprint density at radius 2 is 2.00 bits per heavy atom. The van der Waals surface area contributed by atoms with Gasteiger partial charge < -0.3 is 10.1 Å². The van der Waals surface area contributed by atoms with Gasteiger partial charge in [0, 0.05) is 12.2 Å². The number of carbonyl (C=O) groups is 1. The summed E-state index contributed by atoms with van der Waals surface area (Å²) in [4.78, 5) is 12.2. The minimum atomic E-state index is -0.163. The maximum absolute atomic E-state index is 12.2. The molecule has 0 aromatic heterocycles. The first-order chi connectivity index (χ1) is 10.3. The zero-order valence-electron chi connectivity index (χ0n) is 13.1. The van der Waals surface area contributed by atoms with Gasteiger partial charge in [0.1, 0.15) is 0 Å². The summed E-state index contributed by atoms with van der Waals surface area (Å²) in [7, 11) is 0. The van der Waals surface area contributed by atoms with Crippen molar-refractivity contribution < 1.29 is 9.53 Å². The topological polar surface area (TPSA) is 38.3 Å². The van der Waals surface area contributed by atoms with E-state index < -0.39 is 0 Å². The van der Waals surface area contributed by atoms with Gasteiger partial charge in [0.15, 0.2) is 0 Å². The first-order valence-electron chi connectivity index (χ1n) is 8.36. The van der Waals surface area contributed by atoms with E-state index in [1.54, 1.807) is 0 Å². The highest BCUT2D eigenvalue weighted by atomic mass is 16.5. The van der Waals surface area contributed by atoms with Crippen LogP contribution in [0.5, 0.6) is 0 Å². The van der Waals surface area contributed by atoms with Gasteiger partial charge in [-0.25, -0.2) is 4.79 Å². The summed E-state index contributed by atoms with van der Waals surface area (Å²) >= 11 is 0. The second kappa shape index (κ2) is 8.71. The van der Waals surface area contributed by atoms with E-state index in [1.807, 2.05) is 18.2 Å². The Morgan fingerprint density at radius 1 is 1.19 bits per heavy atom. The number of fused-ring (bicyclic) bond motifs is 1. The Bertz CT molecular complexity index is 457. The van der Waals surface area contributed by atoms with Crippen molar-refractivity contribution in [3.63, 3.8) is 0 Å². The first-order valence-corrected chi connectivity index (χ1v) is 8.36. The van der Waals surface area contributed by atoms with Crippen LogP contribution in [0.25, 0.3) is 0 Å². The number of ether oxygens (including phenoxy) is 1. The summed E-state index contributed by atoms with van der Waals surface area (Å²) in [5.41, 5.74) is 2.96. The van der Waals surface area contributed by atoms with Crippen LogP contribution in [0.2, 0.25) is 0 Å². The number of esters is 1. The fraction of sp³-hybridized carbons (Fsp3) is 0.611. The van der Waals surface area contributed by atoms with Crippen LogP contribution in [0.1, 0.15) is 67.8 Å². The van der Waals surface area contributed by atoms with Crippen LogP contribution < -0.4 is 5.32 Å². The Hall–Kier alpha value is -1.51. The standard InChI is InChI=1S/C18H27NO2/c1-2-3-4-5-6-7-14-21-18(20)16-10-8-12-17-15(16)11-9-13-19-17/h8,10,12,19H,2-7,9,11,13-14H2,1H3. The molecule has 0 radical (unpaired) electrons. The third-order valence-corrected chi connectivity index (χ3v) is 4.05. The molecule has 0 unspecified atom stereocenters. The molecular formula is C18H27NO2. The van der Waals surface area contributed by atoms with E-state index in [9.17, 15) is 4.79 Å². The largest absolute Gasteiger partial charge is 0.462 e. The van der Waals surface area contributed by atoms with E-state index in [2.05, 4.69) is 12.2 Å². The maximum Gasteiger partial charge on any atom is 0.338 e. The predicted octanol–water partition coefficient (Wildman–Crippen LogP) is 4.56. The van der Waals surface area contributed by atoms with E-state index in [0.717, 1.165) is 49.0 Å². The van der Waals surface area contributed by atoms with Gasteiger partial charge in [-0.2, -0.15) is 0 Å². The molecule has 0 saturated carbocycles. The predicted molar refractivity (Wildman–Crippen MR) is 86.9 cm³/mol. The summed E-state index contributed by atoms with van der Waals surface area (Å²) < 4.78 is 5.43. The molecule has 21 heavy (non-hydrogen) atoms. The van der Waals surface area contributed by atoms with E-state index in [4.69, 9.17) is 4.74 Å². The van der Waals surface area contributed by atoms with Gasteiger partial charge in [0.2, 0.25) is 0 Å². The number of nitrogens with one attached hydrogen (secondary N) is 1. The van der Waals surface area contributed by atoms with Gasteiger partial charge >= 0.3 is 5.97 Å². The molecule has 2 rings (SSSR count). The highest BCUT2D eigenvalue weighted by molar-refractivity contribution is 5.93. The molecule has 1 aromatic rings. The number of hydrogen-bond donors (Lipinski definition) is 1. The molecule has 1 heterocycles. The molecule has 0 bridgehead atoms. The molecular weight excluding hydrogens is 262 g/mol. The molecule has 1 N–H and O–H groups in total. The smallest absolute Gasteiger partial charge is 0.338 e. The van der Waals surface area contributed by atoms with Crippen LogP contribution in [0, 0.1) is 0 Å². The molecule has 0 atom stereocenters. The van der Waals surface area contributed by atoms with Crippen molar-refractivity contribution >= 4 is 11.7 Å². The van der Waals surface area contributed by atoms with Crippen LogP contribution in [0.4, 0.5) is 5.69 Å². The number of rotatable bonds is 8. The molecule has 0 saturated heterocycles. The van der Waals surface area contributed by atoms with Crippen LogP contribution >= 0.6 is 0 Å². The summed E-state index contributed by atoms with van der Waals surface area (Å²) in [6.45, 7) is 3.75. The van der Waals surface area contributed by atoms with Gasteiger partial charge in [-0.1, -0.05) is 45.1 Å². The van der Waals surface area contributed by atoms with Crippen molar-refractivity contribution in [3.8, 4) is 0 Å². The van der Waals surface area contributed by atoms with Crippen molar-refractivity contribution in [2.24, 2.45) is 0 Å². The lowest BCUT2D eigenvalue weighted by Crippen LogP contribution is -2.17. The lowest BCUT2D eigenvalue weighted by atomic mass is 9.98. The molecule has 1 aromatic carbocycles. The Morgan fingerprint density at radius 3 is 2.86 bits per heavy atom. The maximum atomic E-state index is 12.2. The number of benzene rings is 1. The van der Waals surface area contributed by atoms with Crippen molar-refractivity contribution in [2.75, 3.05) is 18.5 Å². The number of anilines is 1. The average Bonchev–Trinajstić information content (AvgIpc) is 2.53. The van der Waals surface area contributed by atoms with Crippen LogP contribution in [-0.4, -0.2) is 19.1 Å². The Kier molecular flexibility index (Phi) is 6.58. The monoisotopic (exact) mass is 289 g/mol. The zero-order chi connectivity index (χ0) is 14.9. The molecule has 0 spiro atoms. The SMILES string of the molecule is CCCCCCCCOC(=O)c1cccc2c1CCCN2. The van der Waals surface area contributed by atoms with Crippen molar-refractivity contribution in [2.45, 2.75) is 58.3 Å². The highest BCUT2D eigenvalue weighted by Crippen LogP contribution is 2.25. The van der Waals surface area contributed by atoms with E-state index in [1.165, 1.54) is 25.7 Å². The van der Waals surface area contributed by atoms with Gasteiger partial charge in [0.25, 0.3) is 0 Å². The molecule has 1 aliphatic heterocycles. The fourth-order valence-corrected chi connectivity index (χ4v) is 2.83. The molecule has 0 aliphatic carbocycles. The summed E-state index contributed by atoms with van der Waals surface area (Å²) in [5, 5.41) is 3.35. The lowest BCUT2D eigenvalue weighted by molar-refractivity contribution is 0.0496. The Balaban J connectivity index is 1.76. The van der Waals surface area contributed by atoms with Gasteiger partial charge in [-0.3, -0.25) is 0 Å². The number of hydrogen-bond acceptors (Lipinski definition) is 3. The normalized spacial score (nSPS) is 13.4. The number of carbonyl (C=O) groups excluding carboxylic acids is 1. The second-order valence-electron chi connectivity index (χ2n) is 5.77. The Labute approximate surface area is 128 Å². The van der Waals surface area contributed by atoms with Gasteiger partial charge in [-0.05, 0) is 37.0 Å². The summed E-state index contributed by atoms with van der Waals surface area (Å²) in [6, 6.07) is 5.85. The number of unbranched alkanes of at least 4 members (excludes halogenated alkanes) is 5. The first kappa shape index (κ1) is 15.9. The zero-order valence-corrected chi connectivity index (χ0v) is 13.1. The molecule has 116 valence electrons. The van der Waals surface area contributed by atoms with E-state index in [-0.39, 0.29) is 5.97 Å². The van der Waals surface area contributed by atoms with E-state index in [0.29, 0.717) is 6.61 Å². The quantitative estimate of drug-likeness (QED) is 0.563. The third-order valence-electron chi connectivity index (χ3n) is 4.05. The lowest BCUT2D eigenvalue weighted by Gasteiger charge is -2.20. The van der Waals surface area contributed by atoms with Gasteiger partial charge in [-0.15, -0.1) is 0 Å². The average molecular weight is 289 g/mol. The molecule has 3 nitrogen and oxygen atoms in total. The van der Waals surface area contributed by atoms with Crippen molar-refractivity contribution in [3.05, 3.63) is 29.3 Å². The van der Waals surface area contributed by atoms with Crippen molar-refractivity contribution in [1.82, 2.24) is 0 Å². The molecule has 1 aliphatic rings. The molecule has 0 amide bonds. The van der Waals surface area contributed by atoms with Crippen LogP contribution in [0.15, 0.2) is 18.2 Å². The minimum Gasteiger partial charge on any atom is -0.462 e. The van der Waals surface area contributed by atoms with E-state index >= 15 is 0 Å². The summed E-state index contributed by atoms with van der Waals surface area (Å²) in [5.74, 6) is -0.163. The van der Waals surface area contributed by atoms with Crippen LogP contribution in [0.3, 0.4) is 0 Å². The third kappa shape index (κ3) is 4.76. The fourth-order valence-electron chi connectivity index (χ4n) is 2.83.